The van der Waals surface area contributed by atoms with Crippen LogP contribution in [0.25, 0.3) is 0 Å². The van der Waals surface area contributed by atoms with Gasteiger partial charge in [0.05, 0.1) is 10.6 Å². The van der Waals surface area contributed by atoms with Gasteiger partial charge >= 0.3 is 0 Å². The monoisotopic (exact) mass is 450 g/mol. The highest BCUT2D eigenvalue weighted by Crippen LogP contribution is 2.50. The van der Waals surface area contributed by atoms with Crippen LogP contribution in [0, 0.1) is 11.7 Å². The van der Waals surface area contributed by atoms with Gasteiger partial charge in [-0.1, -0.05) is 18.5 Å². The van der Waals surface area contributed by atoms with E-state index in [4.69, 9.17) is 16.3 Å². The van der Waals surface area contributed by atoms with Crippen molar-refractivity contribution in [1.82, 2.24) is 10.6 Å². The van der Waals surface area contributed by atoms with Crippen LogP contribution in [-0.2, 0) is 4.79 Å². The lowest BCUT2D eigenvalue weighted by Crippen LogP contribution is -2.67. The van der Waals surface area contributed by atoms with E-state index in [2.05, 4.69) is 17.6 Å². The minimum Gasteiger partial charge on any atom is -0.484 e. The van der Waals surface area contributed by atoms with Crippen molar-refractivity contribution in [3.05, 3.63) is 51.4 Å². The molecule has 3 fully saturated rings. The van der Waals surface area contributed by atoms with Crippen LogP contribution in [0.4, 0.5) is 4.39 Å². The average molecular weight is 451 g/mol. The lowest BCUT2D eigenvalue weighted by Gasteiger charge is -2.57. The lowest BCUT2D eigenvalue weighted by atomic mass is 9.56. The number of rotatable bonds is 6. The molecule has 3 aliphatic carbocycles. The van der Waals surface area contributed by atoms with Crippen LogP contribution >= 0.6 is 22.9 Å². The summed E-state index contributed by atoms with van der Waals surface area (Å²) in [6.07, 6.45) is 4.10. The Hall–Kier alpha value is -2.12. The zero-order valence-electron chi connectivity index (χ0n) is 16.7. The Balaban J connectivity index is 1.34. The van der Waals surface area contributed by atoms with Crippen LogP contribution in [0.5, 0.6) is 5.75 Å². The van der Waals surface area contributed by atoms with Crippen LogP contribution in [0.3, 0.4) is 0 Å². The normalized spacial score (nSPS) is 27.5. The van der Waals surface area contributed by atoms with Gasteiger partial charge in [0, 0.05) is 22.5 Å². The molecule has 1 aromatic carbocycles. The first-order valence-electron chi connectivity index (χ1n) is 10.0. The van der Waals surface area contributed by atoms with E-state index >= 15 is 0 Å². The number of hydrogen-bond acceptors (Lipinski definition) is 4. The van der Waals surface area contributed by atoms with Gasteiger partial charge < -0.3 is 15.4 Å². The maximum absolute atomic E-state index is 13.5. The topological polar surface area (TPSA) is 67.4 Å². The van der Waals surface area contributed by atoms with Crippen molar-refractivity contribution in [2.75, 3.05) is 6.61 Å². The number of benzene rings is 1. The van der Waals surface area contributed by atoms with Gasteiger partial charge in [-0.15, -0.1) is 0 Å². The summed E-state index contributed by atoms with van der Waals surface area (Å²) in [6.45, 7) is 1.94. The summed E-state index contributed by atoms with van der Waals surface area (Å²) in [7, 11) is 0. The van der Waals surface area contributed by atoms with Gasteiger partial charge in [-0.3, -0.25) is 9.59 Å². The van der Waals surface area contributed by atoms with Crippen molar-refractivity contribution in [2.45, 2.75) is 50.1 Å². The summed E-state index contributed by atoms with van der Waals surface area (Å²) in [4.78, 5) is 25.1. The first-order chi connectivity index (χ1) is 14.3. The second-order valence-electron chi connectivity index (χ2n) is 8.42. The molecule has 8 heteroatoms. The number of carbonyl (C=O) groups is 2. The van der Waals surface area contributed by atoms with Gasteiger partial charge in [-0.2, -0.15) is 11.3 Å². The molecular formula is C22H24ClFN2O3S. The van der Waals surface area contributed by atoms with E-state index in [9.17, 15) is 14.0 Å². The predicted molar refractivity (Wildman–Crippen MR) is 115 cm³/mol. The average Bonchev–Trinajstić information content (AvgIpc) is 3.25. The Morgan fingerprint density at radius 1 is 1.23 bits per heavy atom. The zero-order valence-corrected chi connectivity index (χ0v) is 18.2. The molecule has 0 radical (unpaired) electrons. The molecule has 2 bridgehead atoms. The SMILES string of the molecule is CC1CC2(NC(=O)c3ccsc3)CCC1(NC(=O)COc1ccc(Cl)c(F)c1)CC2. The molecule has 2 N–H and O–H groups in total. The highest BCUT2D eigenvalue weighted by Gasteiger charge is 2.54. The first kappa shape index (κ1) is 21.1. The fourth-order valence-electron chi connectivity index (χ4n) is 4.81. The van der Waals surface area contributed by atoms with Crippen molar-refractivity contribution in [3.8, 4) is 5.75 Å². The third-order valence-corrected chi connectivity index (χ3v) is 7.54. The number of nitrogens with one attached hydrogen (secondary N) is 2. The van der Waals surface area contributed by atoms with Crippen LogP contribution in [0.1, 0.15) is 49.4 Å². The minimum atomic E-state index is -0.581. The molecule has 5 nitrogen and oxygen atoms in total. The van der Waals surface area contributed by atoms with Gasteiger partial charge in [-0.05, 0) is 61.6 Å². The Labute approximate surface area is 184 Å². The highest BCUT2D eigenvalue weighted by molar-refractivity contribution is 7.08. The molecule has 0 aliphatic heterocycles. The Kier molecular flexibility index (Phi) is 5.77. The number of hydrogen-bond donors (Lipinski definition) is 2. The fraction of sp³-hybridized carbons (Fsp3) is 0.455. The van der Waals surface area contributed by atoms with Crippen molar-refractivity contribution in [3.63, 3.8) is 0 Å². The Bertz CT molecular complexity index is 942. The Morgan fingerprint density at radius 3 is 2.63 bits per heavy atom. The smallest absolute Gasteiger partial charge is 0.258 e. The van der Waals surface area contributed by atoms with E-state index in [-0.39, 0.29) is 46.2 Å². The summed E-state index contributed by atoms with van der Waals surface area (Å²) in [6, 6.07) is 5.94. The summed E-state index contributed by atoms with van der Waals surface area (Å²) >= 11 is 7.18. The van der Waals surface area contributed by atoms with Crippen molar-refractivity contribution in [2.24, 2.45) is 5.92 Å². The van der Waals surface area contributed by atoms with Crippen LogP contribution in [0.15, 0.2) is 35.0 Å². The molecule has 3 saturated carbocycles. The third kappa shape index (κ3) is 4.18. The maximum Gasteiger partial charge on any atom is 0.258 e. The molecule has 3 aliphatic rings. The quantitative estimate of drug-likeness (QED) is 0.678. The van der Waals surface area contributed by atoms with Gasteiger partial charge in [-0.25, -0.2) is 4.39 Å². The number of thiophene rings is 1. The van der Waals surface area contributed by atoms with Crippen molar-refractivity contribution in [1.29, 1.82) is 0 Å². The van der Waals surface area contributed by atoms with Gasteiger partial charge in [0.15, 0.2) is 6.61 Å². The number of amides is 2. The first-order valence-corrected chi connectivity index (χ1v) is 11.4. The predicted octanol–water partition coefficient (Wildman–Crippen LogP) is 4.56. The molecule has 1 unspecified atom stereocenters. The van der Waals surface area contributed by atoms with E-state index in [1.54, 1.807) is 0 Å². The number of carbonyl (C=O) groups excluding carboxylic acids is 2. The maximum atomic E-state index is 13.5. The van der Waals surface area contributed by atoms with E-state index < -0.39 is 5.82 Å². The summed E-state index contributed by atoms with van der Waals surface area (Å²) in [5, 5.41) is 10.2. The molecule has 0 spiro atoms. The minimum absolute atomic E-state index is 0.0125. The molecule has 2 aromatic rings. The summed E-state index contributed by atoms with van der Waals surface area (Å²) < 4.78 is 19.0. The molecule has 0 saturated heterocycles. The molecule has 5 rings (SSSR count). The van der Waals surface area contributed by atoms with Crippen LogP contribution < -0.4 is 15.4 Å². The zero-order chi connectivity index (χ0) is 21.4. The van der Waals surface area contributed by atoms with E-state index in [0.29, 0.717) is 5.56 Å². The Morgan fingerprint density at radius 2 is 2.00 bits per heavy atom. The number of ether oxygens (including phenoxy) is 1. The van der Waals surface area contributed by atoms with Gasteiger partial charge in [0.1, 0.15) is 11.6 Å². The second kappa shape index (κ2) is 8.19. The van der Waals surface area contributed by atoms with Gasteiger partial charge in [0.25, 0.3) is 11.8 Å². The van der Waals surface area contributed by atoms with E-state index in [0.717, 1.165) is 32.1 Å². The van der Waals surface area contributed by atoms with Crippen molar-refractivity contribution < 1.29 is 18.7 Å². The summed E-state index contributed by atoms with van der Waals surface area (Å²) in [5.41, 5.74) is 0.205. The van der Waals surface area contributed by atoms with Gasteiger partial charge in [0.2, 0.25) is 0 Å². The molecular weight excluding hydrogens is 427 g/mol. The van der Waals surface area contributed by atoms with E-state index in [1.807, 2.05) is 16.8 Å². The fourth-order valence-corrected chi connectivity index (χ4v) is 5.57. The molecule has 160 valence electrons. The second-order valence-corrected chi connectivity index (χ2v) is 9.61. The largest absolute Gasteiger partial charge is 0.484 e. The number of fused-ring (bicyclic) bond motifs is 3. The number of halogens is 2. The molecule has 30 heavy (non-hydrogen) atoms. The third-order valence-electron chi connectivity index (χ3n) is 6.55. The lowest BCUT2D eigenvalue weighted by molar-refractivity contribution is -0.128. The molecule has 2 amide bonds. The van der Waals surface area contributed by atoms with Crippen LogP contribution in [-0.4, -0.2) is 29.5 Å². The van der Waals surface area contributed by atoms with Crippen LogP contribution in [0.2, 0.25) is 5.02 Å². The standard InChI is InChI=1S/C22H24ClFN2O3S/c1-14-11-21(26-20(28)15-4-9-30-13-15)5-7-22(14,8-6-21)25-19(27)12-29-16-2-3-17(23)18(24)10-16/h2-4,9-10,13-14H,5-8,11-12H2,1H3,(H,25,27)(H,26,28). The van der Waals surface area contributed by atoms with E-state index in [1.165, 1.54) is 29.5 Å². The summed E-state index contributed by atoms with van der Waals surface area (Å²) in [5.74, 6) is -0.346. The highest BCUT2D eigenvalue weighted by atomic mass is 35.5. The molecule has 1 heterocycles. The molecule has 1 aromatic heterocycles. The molecule has 1 atom stereocenters. The van der Waals surface area contributed by atoms with Crippen molar-refractivity contribution >= 4 is 34.8 Å².